The second kappa shape index (κ2) is 5.76. The van der Waals surface area contributed by atoms with Gasteiger partial charge in [0.25, 0.3) is 0 Å². The summed E-state index contributed by atoms with van der Waals surface area (Å²) in [5.41, 5.74) is 2.30. The largest absolute Gasteiger partial charge is 0.350 e. The van der Waals surface area contributed by atoms with Gasteiger partial charge in [-0.05, 0) is 18.4 Å². The van der Waals surface area contributed by atoms with Crippen LogP contribution in [-0.2, 0) is 24.3 Å². The number of nitrogens with one attached hydrogen (secondary N) is 2. The fourth-order valence-electron chi connectivity index (χ4n) is 2.49. The lowest BCUT2D eigenvalue weighted by molar-refractivity contribution is -0.122. The molecular weight excluding hydrogens is 272 g/mol. The summed E-state index contributed by atoms with van der Waals surface area (Å²) in [6, 6.07) is 4.03. The van der Waals surface area contributed by atoms with Crippen molar-refractivity contribution in [1.29, 1.82) is 0 Å². The second-order valence-electron chi connectivity index (χ2n) is 5.06. The smallest absolute Gasteiger partial charge is 0.234 e. The van der Waals surface area contributed by atoms with E-state index in [1.165, 1.54) is 4.88 Å². The first-order valence-electron chi connectivity index (χ1n) is 6.76. The molecule has 0 spiro atoms. The molecule has 6 heteroatoms. The molecule has 0 unspecified atom stereocenters. The highest BCUT2D eigenvalue weighted by Gasteiger charge is 2.20. The van der Waals surface area contributed by atoms with Crippen molar-refractivity contribution in [3.63, 3.8) is 0 Å². The monoisotopic (exact) mass is 290 g/mol. The number of aromatic nitrogens is 2. The van der Waals surface area contributed by atoms with E-state index in [0.717, 1.165) is 36.7 Å². The minimum absolute atomic E-state index is 0.0816. The molecule has 0 saturated heterocycles. The van der Waals surface area contributed by atoms with Crippen LogP contribution in [0.3, 0.4) is 0 Å². The Morgan fingerprint density at radius 3 is 3.30 bits per heavy atom. The second-order valence-corrected chi connectivity index (χ2v) is 6.10. The van der Waals surface area contributed by atoms with E-state index in [-0.39, 0.29) is 5.91 Å². The first kappa shape index (κ1) is 13.3. The zero-order valence-corrected chi connectivity index (χ0v) is 12.3. The molecule has 1 amide bonds. The van der Waals surface area contributed by atoms with Gasteiger partial charge in [-0.15, -0.1) is 11.3 Å². The number of H-pyrrole nitrogens is 1. The van der Waals surface area contributed by atoms with E-state index in [9.17, 15) is 4.79 Å². The van der Waals surface area contributed by atoms with E-state index in [1.807, 2.05) is 24.4 Å². The first-order chi connectivity index (χ1) is 9.70. The number of rotatable bonds is 4. The third-order valence-electron chi connectivity index (χ3n) is 3.44. The lowest BCUT2D eigenvalue weighted by Crippen LogP contribution is -2.39. The van der Waals surface area contributed by atoms with Gasteiger partial charge in [-0.25, -0.2) is 4.98 Å². The van der Waals surface area contributed by atoms with Crippen LogP contribution in [-0.4, -0.2) is 33.9 Å². The molecule has 2 aromatic rings. The maximum absolute atomic E-state index is 11.9. The average molecular weight is 290 g/mol. The van der Waals surface area contributed by atoms with Crippen LogP contribution in [0, 0.1) is 6.92 Å². The predicted molar refractivity (Wildman–Crippen MR) is 78.5 cm³/mol. The molecule has 1 aliphatic heterocycles. The SMILES string of the molecule is Cc1nc2c([nH]1)CN(CC(=O)NCc1cccs1)CC2. The number of hydrogen-bond donors (Lipinski definition) is 2. The molecule has 0 radical (unpaired) electrons. The Kier molecular flexibility index (Phi) is 3.84. The summed E-state index contributed by atoms with van der Waals surface area (Å²) in [5, 5.41) is 4.99. The van der Waals surface area contributed by atoms with Gasteiger partial charge in [-0.2, -0.15) is 0 Å². The van der Waals surface area contributed by atoms with Gasteiger partial charge in [0.1, 0.15) is 5.82 Å². The number of amides is 1. The maximum Gasteiger partial charge on any atom is 0.234 e. The first-order valence-corrected chi connectivity index (χ1v) is 7.64. The van der Waals surface area contributed by atoms with E-state index in [1.54, 1.807) is 11.3 Å². The number of aromatic amines is 1. The fourth-order valence-corrected chi connectivity index (χ4v) is 3.13. The Morgan fingerprint density at radius 2 is 2.50 bits per heavy atom. The zero-order chi connectivity index (χ0) is 13.9. The molecule has 2 N–H and O–H groups in total. The van der Waals surface area contributed by atoms with Crippen molar-refractivity contribution in [2.24, 2.45) is 0 Å². The normalized spacial score (nSPS) is 15.1. The molecule has 0 saturated carbocycles. The predicted octanol–water partition coefficient (Wildman–Crippen LogP) is 1.45. The van der Waals surface area contributed by atoms with Gasteiger partial charge >= 0.3 is 0 Å². The van der Waals surface area contributed by atoms with Crippen molar-refractivity contribution >= 4 is 17.2 Å². The van der Waals surface area contributed by atoms with Gasteiger partial charge in [0.15, 0.2) is 0 Å². The van der Waals surface area contributed by atoms with Gasteiger partial charge in [0.2, 0.25) is 5.91 Å². The Labute approximate surface area is 122 Å². The van der Waals surface area contributed by atoms with Crippen LogP contribution in [0.2, 0.25) is 0 Å². The van der Waals surface area contributed by atoms with Crippen LogP contribution in [0.5, 0.6) is 0 Å². The summed E-state index contributed by atoms with van der Waals surface area (Å²) in [6.45, 7) is 4.71. The zero-order valence-electron chi connectivity index (χ0n) is 11.5. The Balaban J connectivity index is 1.50. The van der Waals surface area contributed by atoms with Crippen molar-refractivity contribution < 1.29 is 4.79 Å². The van der Waals surface area contributed by atoms with E-state index in [2.05, 4.69) is 20.2 Å². The summed E-state index contributed by atoms with van der Waals surface area (Å²) in [6.07, 6.45) is 0.915. The summed E-state index contributed by atoms with van der Waals surface area (Å²) < 4.78 is 0. The number of hydrogen-bond acceptors (Lipinski definition) is 4. The number of fused-ring (bicyclic) bond motifs is 1. The fraction of sp³-hybridized carbons (Fsp3) is 0.429. The van der Waals surface area contributed by atoms with Crippen molar-refractivity contribution in [1.82, 2.24) is 20.2 Å². The lowest BCUT2D eigenvalue weighted by Gasteiger charge is -2.25. The highest BCUT2D eigenvalue weighted by molar-refractivity contribution is 7.09. The van der Waals surface area contributed by atoms with Crippen molar-refractivity contribution in [3.05, 3.63) is 39.6 Å². The van der Waals surface area contributed by atoms with Gasteiger partial charge in [-0.3, -0.25) is 9.69 Å². The summed E-state index contributed by atoms with van der Waals surface area (Å²) >= 11 is 1.66. The van der Waals surface area contributed by atoms with Crippen molar-refractivity contribution in [2.75, 3.05) is 13.1 Å². The molecule has 0 atom stereocenters. The van der Waals surface area contributed by atoms with E-state index in [4.69, 9.17) is 0 Å². The minimum Gasteiger partial charge on any atom is -0.350 e. The molecule has 0 aromatic carbocycles. The molecule has 0 fully saturated rings. The van der Waals surface area contributed by atoms with Crippen LogP contribution in [0.15, 0.2) is 17.5 Å². The number of imidazole rings is 1. The van der Waals surface area contributed by atoms with Gasteiger partial charge in [-0.1, -0.05) is 6.07 Å². The molecule has 5 nitrogen and oxygen atoms in total. The van der Waals surface area contributed by atoms with E-state index >= 15 is 0 Å². The molecule has 106 valence electrons. The summed E-state index contributed by atoms with van der Waals surface area (Å²) in [7, 11) is 0. The Hall–Kier alpha value is -1.66. The number of carbonyl (C=O) groups excluding carboxylic acids is 1. The standard InChI is InChI=1S/C14H18N4OS/c1-10-16-12-4-5-18(8-13(12)17-10)9-14(19)15-7-11-3-2-6-20-11/h2-3,6H,4-5,7-9H2,1H3,(H,15,19)(H,16,17). The van der Waals surface area contributed by atoms with Crippen LogP contribution >= 0.6 is 11.3 Å². The van der Waals surface area contributed by atoms with Gasteiger partial charge in [0.05, 0.1) is 24.5 Å². The number of nitrogens with zero attached hydrogens (tertiary/aromatic N) is 2. The lowest BCUT2D eigenvalue weighted by atomic mass is 10.1. The number of thiophene rings is 1. The highest BCUT2D eigenvalue weighted by Crippen LogP contribution is 2.16. The molecule has 2 aromatic heterocycles. The third-order valence-corrected chi connectivity index (χ3v) is 4.31. The van der Waals surface area contributed by atoms with Crippen molar-refractivity contribution in [3.8, 4) is 0 Å². The topological polar surface area (TPSA) is 61.0 Å². The van der Waals surface area contributed by atoms with E-state index < -0.39 is 0 Å². The number of carbonyl (C=O) groups is 1. The number of aryl methyl sites for hydroxylation is 1. The summed E-state index contributed by atoms with van der Waals surface area (Å²) in [4.78, 5) is 23.0. The molecule has 0 aliphatic carbocycles. The summed E-state index contributed by atoms with van der Waals surface area (Å²) in [5.74, 6) is 1.04. The van der Waals surface area contributed by atoms with Crippen molar-refractivity contribution in [2.45, 2.75) is 26.4 Å². The molecule has 3 rings (SSSR count). The minimum atomic E-state index is 0.0816. The third kappa shape index (κ3) is 3.08. The molecule has 20 heavy (non-hydrogen) atoms. The maximum atomic E-state index is 11.9. The Bertz CT molecular complexity index is 590. The molecular formula is C14H18N4OS. The Morgan fingerprint density at radius 1 is 1.60 bits per heavy atom. The molecule has 1 aliphatic rings. The van der Waals surface area contributed by atoms with Gasteiger partial charge in [0, 0.05) is 24.4 Å². The highest BCUT2D eigenvalue weighted by atomic mass is 32.1. The van der Waals surface area contributed by atoms with Crippen LogP contribution in [0.4, 0.5) is 0 Å². The van der Waals surface area contributed by atoms with Crippen LogP contribution in [0.25, 0.3) is 0 Å². The van der Waals surface area contributed by atoms with E-state index in [0.29, 0.717) is 13.1 Å². The van der Waals surface area contributed by atoms with Crippen LogP contribution < -0.4 is 5.32 Å². The molecule has 3 heterocycles. The quantitative estimate of drug-likeness (QED) is 0.896. The average Bonchev–Trinajstić information content (AvgIpc) is 3.04. The molecule has 0 bridgehead atoms. The van der Waals surface area contributed by atoms with Crippen LogP contribution in [0.1, 0.15) is 22.1 Å². The van der Waals surface area contributed by atoms with Gasteiger partial charge < -0.3 is 10.3 Å².